The maximum atomic E-state index is 5.71. The van der Waals surface area contributed by atoms with Gasteiger partial charge in [-0.3, -0.25) is 4.90 Å². The van der Waals surface area contributed by atoms with Crippen LogP contribution in [0.15, 0.2) is 18.2 Å². The molecule has 4 nitrogen and oxygen atoms in total. The summed E-state index contributed by atoms with van der Waals surface area (Å²) in [7, 11) is 0. The van der Waals surface area contributed by atoms with Crippen molar-refractivity contribution < 1.29 is 0 Å². The van der Waals surface area contributed by atoms with Crippen LogP contribution in [0.3, 0.4) is 0 Å². The fourth-order valence-corrected chi connectivity index (χ4v) is 3.01. The van der Waals surface area contributed by atoms with Gasteiger partial charge in [-0.1, -0.05) is 17.4 Å². The first-order valence-corrected chi connectivity index (χ1v) is 6.71. The third kappa shape index (κ3) is 2.41. The van der Waals surface area contributed by atoms with E-state index in [0.717, 1.165) is 38.2 Å². The van der Waals surface area contributed by atoms with Crippen LogP contribution in [-0.2, 0) is 6.54 Å². The summed E-state index contributed by atoms with van der Waals surface area (Å²) in [5.74, 6) is 0. The summed E-state index contributed by atoms with van der Waals surface area (Å²) in [5.41, 5.74) is 8.07. The maximum Gasteiger partial charge on any atom is 0.181 e. The number of piperazine rings is 1. The predicted octanol–water partition coefficient (Wildman–Crippen LogP) is 1.28. The van der Waals surface area contributed by atoms with E-state index < -0.39 is 0 Å². The summed E-state index contributed by atoms with van der Waals surface area (Å²) >= 11 is 1.56. The van der Waals surface area contributed by atoms with Crippen molar-refractivity contribution in [2.24, 2.45) is 0 Å². The Kier molecular flexibility index (Phi) is 2.96. The number of fused-ring (bicyclic) bond motifs is 1. The van der Waals surface area contributed by atoms with Crippen LogP contribution in [0, 0.1) is 0 Å². The SMILES string of the molecule is Nc1nc2ccc(CN3CCNCC3)cc2s1. The van der Waals surface area contributed by atoms with Gasteiger partial charge in [0.1, 0.15) is 0 Å². The zero-order valence-corrected chi connectivity index (χ0v) is 10.5. The lowest BCUT2D eigenvalue weighted by Crippen LogP contribution is -2.42. The number of aromatic nitrogens is 1. The predicted molar refractivity (Wildman–Crippen MR) is 72.2 cm³/mol. The van der Waals surface area contributed by atoms with Crippen LogP contribution >= 0.6 is 11.3 Å². The molecular weight excluding hydrogens is 232 g/mol. The molecular formula is C12H16N4S. The molecule has 1 aliphatic rings. The molecule has 1 aromatic carbocycles. The Bertz CT molecular complexity index is 516. The normalized spacial score (nSPS) is 17.6. The molecule has 2 aromatic rings. The molecule has 0 amide bonds. The first kappa shape index (κ1) is 11.0. The van der Waals surface area contributed by atoms with Gasteiger partial charge in [-0.25, -0.2) is 4.98 Å². The van der Waals surface area contributed by atoms with Crippen molar-refractivity contribution in [1.29, 1.82) is 0 Å². The van der Waals surface area contributed by atoms with Gasteiger partial charge in [0.25, 0.3) is 0 Å². The number of rotatable bonds is 2. The largest absolute Gasteiger partial charge is 0.375 e. The average molecular weight is 248 g/mol. The maximum absolute atomic E-state index is 5.71. The second-order valence-electron chi connectivity index (χ2n) is 4.38. The monoisotopic (exact) mass is 248 g/mol. The van der Waals surface area contributed by atoms with E-state index in [-0.39, 0.29) is 0 Å². The molecule has 0 spiro atoms. The summed E-state index contributed by atoms with van der Waals surface area (Å²) in [6.45, 7) is 5.46. The van der Waals surface area contributed by atoms with Gasteiger partial charge in [0.05, 0.1) is 10.2 Å². The number of thiazole rings is 1. The molecule has 0 saturated carbocycles. The summed E-state index contributed by atoms with van der Waals surface area (Å²) < 4.78 is 1.19. The van der Waals surface area contributed by atoms with Crippen molar-refractivity contribution in [1.82, 2.24) is 15.2 Å². The Morgan fingerprint density at radius 2 is 2.18 bits per heavy atom. The Morgan fingerprint density at radius 1 is 1.35 bits per heavy atom. The molecule has 1 aliphatic heterocycles. The fraction of sp³-hybridized carbons (Fsp3) is 0.417. The molecule has 3 rings (SSSR count). The third-order valence-corrected chi connectivity index (χ3v) is 3.93. The topological polar surface area (TPSA) is 54.2 Å². The summed E-state index contributed by atoms with van der Waals surface area (Å²) in [6.07, 6.45) is 0. The standard InChI is InChI=1S/C12H16N4S/c13-12-15-10-2-1-9(7-11(10)17-12)8-16-5-3-14-4-6-16/h1-2,7,14H,3-6,8H2,(H2,13,15). The smallest absolute Gasteiger partial charge is 0.181 e. The fourth-order valence-electron chi connectivity index (χ4n) is 2.21. The number of benzene rings is 1. The highest BCUT2D eigenvalue weighted by atomic mass is 32.1. The molecule has 17 heavy (non-hydrogen) atoms. The molecule has 1 saturated heterocycles. The molecule has 0 aliphatic carbocycles. The first-order chi connectivity index (χ1) is 8.31. The number of nitrogens with zero attached hydrogens (tertiary/aromatic N) is 2. The van der Waals surface area contributed by atoms with Crippen molar-refractivity contribution >= 4 is 26.7 Å². The van der Waals surface area contributed by atoms with Crippen molar-refractivity contribution in [2.45, 2.75) is 6.54 Å². The van der Waals surface area contributed by atoms with E-state index >= 15 is 0 Å². The lowest BCUT2D eigenvalue weighted by molar-refractivity contribution is 0.233. The quantitative estimate of drug-likeness (QED) is 0.841. The van der Waals surface area contributed by atoms with Gasteiger partial charge in [0.2, 0.25) is 0 Å². The van der Waals surface area contributed by atoms with Gasteiger partial charge in [-0.15, -0.1) is 0 Å². The molecule has 0 unspecified atom stereocenters. The molecule has 5 heteroatoms. The highest BCUT2D eigenvalue weighted by molar-refractivity contribution is 7.22. The van der Waals surface area contributed by atoms with Gasteiger partial charge in [0, 0.05) is 32.7 Å². The lowest BCUT2D eigenvalue weighted by Gasteiger charge is -2.27. The van der Waals surface area contributed by atoms with E-state index in [1.165, 1.54) is 10.3 Å². The molecule has 90 valence electrons. The average Bonchev–Trinajstić information content (AvgIpc) is 2.70. The Labute approximate surface area is 104 Å². The Balaban J connectivity index is 1.79. The van der Waals surface area contributed by atoms with E-state index in [9.17, 15) is 0 Å². The zero-order chi connectivity index (χ0) is 11.7. The second kappa shape index (κ2) is 4.60. The van der Waals surface area contributed by atoms with Crippen molar-refractivity contribution in [3.8, 4) is 0 Å². The molecule has 1 aromatic heterocycles. The number of nitrogens with one attached hydrogen (secondary N) is 1. The van der Waals surface area contributed by atoms with Crippen LogP contribution in [0.25, 0.3) is 10.2 Å². The van der Waals surface area contributed by atoms with E-state index in [4.69, 9.17) is 5.73 Å². The summed E-state index contributed by atoms with van der Waals surface area (Å²) in [6, 6.07) is 6.44. The van der Waals surface area contributed by atoms with Crippen molar-refractivity contribution in [3.05, 3.63) is 23.8 Å². The van der Waals surface area contributed by atoms with Gasteiger partial charge in [-0.05, 0) is 17.7 Å². The highest BCUT2D eigenvalue weighted by Gasteiger charge is 2.10. The third-order valence-electron chi connectivity index (χ3n) is 3.09. The van der Waals surface area contributed by atoms with Gasteiger partial charge < -0.3 is 11.1 Å². The zero-order valence-electron chi connectivity index (χ0n) is 9.65. The second-order valence-corrected chi connectivity index (χ2v) is 5.44. The molecule has 0 radical (unpaired) electrons. The lowest BCUT2D eigenvalue weighted by atomic mass is 10.2. The summed E-state index contributed by atoms with van der Waals surface area (Å²) in [4.78, 5) is 6.75. The molecule has 0 atom stereocenters. The molecule has 3 N–H and O–H groups in total. The van der Waals surface area contributed by atoms with Crippen molar-refractivity contribution in [3.63, 3.8) is 0 Å². The van der Waals surface area contributed by atoms with Gasteiger partial charge in [0.15, 0.2) is 5.13 Å². The number of hydrogen-bond acceptors (Lipinski definition) is 5. The number of nitrogens with two attached hydrogens (primary N) is 1. The molecule has 2 heterocycles. The van der Waals surface area contributed by atoms with Crippen LogP contribution in [-0.4, -0.2) is 36.1 Å². The van der Waals surface area contributed by atoms with Crippen molar-refractivity contribution in [2.75, 3.05) is 31.9 Å². The minimum Gasteiger partial charge on any atom is -0.375 e. The Hall–Kier alpha value is -1.17. The Morgan fingerprint density at radius 3 is 3.00 bits per heavy atom. The molecule has 0 bridgehead atoms. The molecule has 1 fully saturated rings. The van der Waals surface area contributed by atoms with Gasteiger partial charge in [-0.2, -0.15) is 0 Å². The minimum atomic E-state index is 0.652. The van der Waals surface area contributed by atoms with Crippen LogP contribution in [0.1, 0.15) is 5.56 Å². The van der Waals surface area contributed by atoms with E-state index in [1.54, 1.807) is 11.3 Å². The summed E-state index contributed by atoms with van der Waals surface area (Å²) in [5, 5.41) is 4.02. The minimum absolute atomic E-state index is 0.652. The van der Waals surface area contributed by atoms with Crippen LogP contribution < -0.4 is 11.1 Å². The van der Waals surface area contributed by atoms with Crippen LogP contribution in [0.5, 0.6) is 0 Å². The van der Waals surface area contributed by atoms with E-state index in [0.29, 0.717) is 5.13 Å². The van der Waals surface area contributed by atoms with Crippen LogP contribution in [0.2, 0.25) is 0 Å². The number of anilines is 1. The van der Waals surface area contributed by atoms with Gasteiger partial charge >= 0.3 is 0 Å². The van der Waals surface area contributed by atoms with E-state index in [1.807, 2.05) is 0 Å². The highest BCUT2D eigenvalue weighted by Crippen LogP contribution is 2.25. The van der Waals surface area contributed by atoms with Crippen LogP contribution in [0.4, 0.5) is 5.13 Å². The first-order valence-electron chi connectivity index (χ1n) is 5.89. The van der Waals surface area contributed by atoms with E-state index in [2.05, 4.69) is 33.4 Å². The number of hydrogen-bond donors (Lipinski definition) is 2. The number of nitrogen functional groups attached to an aromatic ring is 1.